The lowest BCUT2D eigenvalue weighted by atomic mass is 10.0. The van der Waals surface area contributed by atoms with Crippen molar-refractivity contribution in [3.05, 3.63) is 46.2 Å². The molecule has 5 heteroatoms. The van der Waals surface area contributed by atoms with Crippen molar-refractivity contribution >= 4 is 11.3 Å². The maximum atomic E-state index is 4.78. The van der Waals surface area contributed by atoms with Crippen molar-refractivity contribution in [2.75, 3.05) is 13.1 Å². The third-order valence-corrected chi connectivity index (χ3v) is 5.83. The van der Waals surface area contributed by atoms with Crippen molar-refractivity contribution in [3.63, 3.8) is 0 Å². The van der Waals surface area contributed by atoms with Crippen LogP contribution in [0.2, 0.25) is 0 Å². The van der Waals surface area contributed by atoms with Gasteiger partial charge >= 0.3 is 0 Å². The predicted molar refractivity (Wildman–Crippen MR) is 100 cm³/mol. The van der Waals surface area contributed by atoms with E-state index in [1.54, 1.807) is 11.3 Å². The van der Waals surface area contributed by atoms with E-state index in [0.29, 0.717) is 18.0 Å². The molecule has 0 saturated carbocycles. The Morgan fingerprint density at radius 3 is 2.67 bits per heavy atom. The highest BCUT2D eigenvalue weighted by molar-refractivity contribution is 7.09. The normalized spacial score (nSPS) is 18.2. The molecule has 4 nitrogen and oxygen atoms in total. The lowest BCUT2D eigenvalue weighted by Gasteiger charge is -2.33. The molecular formula is C19H28N4S. The zero-order valence-corrected chi connectivity index (χ0v) is 15.7. The fourth-order valence-corrected chi connectivity index (χ4v) is 4.11. The summed E-state index contributed by atoms with van der Waals surface area (Å²) >= 11 is 1.78. The molecule has 0 amide bonds. The largest absolute Gasteiger partial charge is 0.306 e. The Hall–Kier alpha value is -1.30. The quantitative estimate of drug-likeness (QED) is 0.861. The molecule has 1 saturated heterocycles. The van der Waals surface area contributed by atoms with Crippen molar-refractivity contribution in [1.29, 1.82) is 0 Å². The third-order valence-electron chi connectivity index (χ3n) is 4.66. The first-order valence-electron chi connectivity index (χ1n) is 8.95. The Labute approximate surface area is 149 Å². The molecule has 1 aliphatic heterocycles. The Kier molecular flexibility index (Phi) is 5.98. The van der Waals surface area contributed by atoms with Gasteiger partial charge in [0.2, 0.25) is 0 Å². The molecule has 2 aromatic rings. The molecular weight excluding hydrogens is 316 g/mol. The maximum Gasteiger partial charge on any atom is 0.0954 e. The van der Waals surface area contributed by atoms with Crippen LogP contribution in [0, 0.1) is 0 Å². The molecule has 3 rings (SSSR count). The van der Waals surface area contributed by atoms with Crippen LogP contribution >= 0.6 is 11.3 Å². The van der Waals surface area contributed by atoms with Crippen LogP contribution in [0.5, 0.6) is 0 Å². The Balaban J connectivity index is 1.46. The Morgan fingerprint density at radius 2 is 2.04 bits per heavy atom. The van der Waals surface area contributed by atoms with Crippen molar-refractivity contribution in [3.8, 4) is 0 Å². The van der Waals surface area contributed by atoms with E-state index in [9.17, 15) is 0 Å². The van der Waals surface area contributed by atoms with Crippen molar-refractivity contribution in [1.82, 2.24) is 20.2 Å². The first kappa shape index (κ1) is 17.5. The Morgan fingerprint density at radius 1 is 1.25 bits per heavy atom. The van der Waals surface area contributed by atoms with Gasteiger partial charge in [0.25, 0.3) is 0 Å². The molecule has 2 aromatic heterocycles. The summed E-state index contributed by atoms with van der Waals surface area (Å²) in [6.45, 7) is 9.88. The monoisotopic (exact) mass is 344 g/mol. The average molecular weight is 345 g/mol. The van der Waals surface area contributed by atoms with E-state index < -0.39 is 0 Å². The molecule has 1 N–H and O–H groups in total. The van der Waals surface area contributed by atoms with Gasteiger partial charge in [-0.1, -0.05) is 19.9 Å². The summed E-state index contributed by atoms with van der Waals surface area (Å²) in [5, 5.41) is 7.22. The standard InChI is InChI=1S/C19H28N4S/c1-14(2)19-22-18(13-24-19)15(3)21-16-7-10-23(11-8-16)12-17-6-4-5-9-20-17/h4-6,9,13-16,21H,7-8,10-12H2,1-3H3. The van der Waals surface area contributed by atoms with Gasteiger partial charge < -0.3 is 5.32 Å². The van der Waals surface area contributed by atoms with Gasteiger partial charge in [0.05, 0.1) is 16.4 Å². The average Bonchev–Trinajstić information content (AvgIpc) is 3.08. The van der Waals surface area contributed by atoms with E-state index in [2.05, 4.69) is 53.5 Å². The fraction of sp³-hybridized carbons (Fsp3) is 0.579. The first-order valence-corrected chi connectivity index (χ1v) is 9.83. The summed E-state index contributed by atoms with van der Waals surface area (Å²) < 4.78 is 0. The molecule has 0 radical (unpaired) electrons. The second-order valence-electron chi connectivity index (χ2n) is 7.03. The molecule has 24 heavy (non-hydrogen) atoms. The van der Waals surface area contributed by atoms with Gasteiger partial charge in [0, 0.05) is 49.2 Å². The van der Waals surface area contributed by atoms with Crippen LogP contribution in [-0.2, 0) is 6.54 Å². The summed E-state index contributed by atoms with van der Waals surface area (Å²) in [6.07, 6.45) is 4.27. The number of pyridine rings is 1. The van der Waals surface area contributed by atoms with Gasteiger partial charge in [0.15, 0.2) is 0 Å². The summed E-state index contributed by atoms with van der Waals surface area (Å²) in [4.78, 5) is 11.7. The number of nitrogens with one attached hydrogen (secondary N) is 1. The highest BCUT2D eigenvalue weighted by Crippen LogP contribution is 2.24. The molecule has 130 valence electrons. The molecule has 0 aromatic carbocycles. The predicted octanol–water partition coefficient (Wildman–Crippen LogP) is 3.98. The number of rotatable bonds is 6. The summed E-state index contributed by atoms with van der Waals surface area (Å²) in [5.41, 5.74) is 2.36. The van der Waals surface area contributed by atoms with Gasteiger partial charge in [-0.05, 0) is 31.9 Å². The van der Waals surface area contributed by atoms with Crippen LogP contribution < -0.4 is 5.32 Å². The van der Waals surface area contributed by atoms with Gasteiger partial charge in [-0.15, -0.1) is 11.3 Å². The molecule has 1 fully saturated rings. The fourth-order valence-electron chi connectivity index (χ4n) is 3.18. The lowest BCUT2D eigenvalue weighted by molar-refractivity contribution is 0.183. The van der Waals surface area contributed by atoms with Gasteiger partial charge in [-0.2, -0.15) is 0 Å². The van der Waals surface area contributed by atoms with Crippen LogP contribution in [0.4, 0.5) is 0 Å². The van der Waals surface area contributed by atoms with E-state index in [1.165, 1.54) is 29.2 Å². The molecule has 0 spiro atoms. The van der Waals surface area contributed by atoms with Crippen LogP contribution in [-0.4, -0.2) is 34.0 Å². The molecule has 1 unspecified atom stereocenters. The number of piperidine rings is 1. The van der Waals surface area contributed by atoms with E-state index in [4.69, 9.17) is 4.98 Å². The lowest BCUT2D eigenvalue weighted by Crippen LogP contribution is -2.43. The Bertz CT molecular complexity index is 617. The SMILES string of the molecule is CC(C)c1nc(C(C)NC2CCN(Cc3ccccn3)CC2)cs1. The smallest absolute Gasteiger partial charge is 0.0954 e. The number of hydrogen-bond acceptors (Lipinski definition) is 5. The van der Waals surface area contributed by atoms with Crippen LogP contribution in [0.3, 0.4) is 0 Å². The third kappa shape index (κ3) is 4.62. The van der Waals surface area contributed by atoms with Gasteiger partial charge in [-0.3, -0.25) is 9.88 Å². The van der Waals surface area contributed by atoms with Crippen LogP contribution in [0.15, 0.2) is 29.8 Å². The zero-order valence-electron chi connectivity index (χ0n) is 14.9. The second kappa shape index (κ2) is 8.19. The number of thiazole rings is 1. The van der Waals surface area contributed by atoms with Gasteiger partial charge in [-0.25, -0.2) is 4.98 Å². The number of aromatic nitrogens is 2. The van der Waals surface area contributed by atoms with Crippen LogP contribution in [0.25, 0.3) is 0 Å². The minimum atomic E-state index is 0.334. The summed E-state index contributed by atoms with van der Waals surface area (Å²) in [5.74, 6) is 0.519. The maximum absolute atomic E-state index is 4.78. The van der Waals surface area contributed by atoms with Crippen molar-refractivity contribution in [2.24, 2.45) is 0 Å². The second-order valence-corrected chi connectivity index (χ2v) is 7.91. The number of hydrogen-bond donors (Lipinski definition) is 1. The van der Waals surface area contributed by atoms with E-state index in [0.717, 1.165) is 19.6 Å². The highest BCUT2D eigenvalue weighted by atomic mass is 32.1. The first-order chi connectivity index (χ1) is 11.6. The minimum absolute atomic E-state index is 0.334. The number of nitrogens with zero attached hydrogens (tertiary/aromatic N) is 3. The van der Waals surface area contributed by atoms with E-state index in [-0.39, 0.29) is 0 Å². The van der Waals surface area contributed by atoms with E-state index >= 15 is 0 Å². The topological polar surface area (TPSA) is 41.1 Å². The van der Waals surface area contributed by atoms with Gasteiger partial charge in [0.1, 0.15) is 0 Å². The molecule has 1 atom stereocenters. The highest BCUT2D eigenvalue weighted by Gasteiger charge is 2.22. The van der Waals surface area contributed by atoms with E-state index in [1.807, 2.05) is 12.3 Å². The van der Waals surface area contributed by atoms with Crippen molar-refractivity contribution in [2.45, 2.75) is 58.2 Å². The zero-order chi connectivity index (χ0) is 16.9. The molecule has 1 aliphatic rings. The molecule has 3 heterocycles. The summed E-state index contributed by atoms with van der Waals surface area (Å²) in [7, 11) is 0. The summed E-state index contributed by atoms with van der Waals surface area (Å²) in [6, 6.07) is 7.08. The number of likely N-dealkylation sites (tertiary alicyclic amines) is 1. The van der Waals surface area contributed by atoms with Crippen molar-refractivity contribution < 1.29 is 0 Å². The minimum Gasteiger partial charge on any atom is -0.306 e. The molecule has 0 bridgehead atoms. The van der Waals surface area contributed by atoms with Crippen LogP contribution in [0.1, 0.15) is 62.0 Å². The molecule has 0 aliphatic carbocycles.